The average Bonchev–Trinajstić information content (AvgIpc) is 3.28. The summed E-state index contributed by atoms with van der Waals surface area (Å²) in [5.41, 5.74) is 3.04. The van der Waals surface area contributed by atoms with Gasteiger partial charge in [-0.15, -0.1) is 0 Å². The van der Waals surface area contributed by atoms with Gasteiger partial charge in [0.25, 0.3) is 0 Å². The Hall–Kier alpha value is -3.08. The minimum absolute atomic E-state index is 0.0701. The average molecular weight is 435 g/mol. The summed E-state index contributed by atoms with van der Waals surface area (Å²) < 4.78 is 11.6. The fourth-order valence-corrected chi connectivity index (χ4v) is 3.39. The second kappa shape index (κ2) is 12.1. The third-order valence-electron chi connectivity index (χ3n) is 5.39. The summed E-state index contributed by atoms with van der Waals surface area (Å²) in [5.74, 6) is 2.54. The number of carbonyl (C=O) groups excluding carboxylic acids is 1. The third kappa shape index (κ3) is 7.26. The summed E-state index contributed by atoms with van der Waals surface area (Å²) in [5, 5.41) is 2.91. The number of hydrogen-bond acceptors (Lipinski definition) is 4. The van der Waals surface area contributed by atoms with Gasteiger partial charge in [-0.1, -0.05) is 64.3 Å². The fraction of sp³-hybridized carbons (Fsp3) is 0.407. The van der Waals surface area contributed by atoms with Crippen molar-refractivity contribution >= 4 is 11.6 Å². The minimum Gasteiger partial charge on any atom is -0.494 e. The van der Waals surface area contributed by atoms with Crippen LogP contribution in [0.15, 0.2) is 59.1 Å². The Morgan fingerprint density at radius 3 is 2.47 bits per heavy atom. The van der Waals surface area contributed by atoms with Crippen molar-refractivity contribution in [3.05, 3.63) is 66.2 Å². The highest BCUT2D eigenvalue weighted by Gasteiger charge is 2.10. The number of rotatable bonds is 12. The van der Waals surface area contributed by atoms with E-state index in [0.29, 0.717) is 24.7 Å². The lowest BCUT2D eigenvalue weighted by atomic mass is 10.0. The van der Waals surface area contributed by atoms with E-state index in [0.717, 1.165) is 35.8 Å². The van der Waals surface area contributed by atoms with Crippen molar-refractivity contribution in [1.82, 2.24) is 4.98 Å². The normalized spacial score (nSPS) is 11.0. The molecule has 32 heavy (non-hydrogen) atoms. The Kier molecular flexibility index (Phi) is 8.90. The van der Waals surface area contributed by atoms with Crippen LogP contribution in [-0.4, -0.2) is 17.5 Å². The summed E-state index contributed by atoms with van der Waals surface area (Å²) in [6, 6.07) is 15.8. The van der Waals surface area contributed by atoms with Crippen molar-refractivity contribution in [3.63, 3.8) is 0 Å². The standard InChI is InChI=1S/C27H34N2O3/c1-4-5-6-7-18-31-24-14-12-23(13-15-24)29-26(30)16-17-27-28-19-25(32-27)22-10-8-21(9-11-22)20(2)3/h8-15,19-20H,4-7,16-18H2,1-3H3,(H,29,30). The van der Waals surface area contributed by atoms with E-state index in [9.17, 15) is 4.79 Å². The van der Waals surface area contributed by atoms with Gasteiger partial charge in [-0.2, -0.15) is 0 Å². The summed E-state index contributed by atoms with van der Waals surface area (Å²) in [7, 11) is 0. The molecule has 5 nitrogen and oxygen atoms in total. The molecule has 0 unspecified atom stereocenters. The van der Waals surface area contributed by atoms with Crippen LogP contribution in [0.5, 0.6) is 5.75 Å². The fourth-order valence-electron chi connectivity index (χ4n) is 3.39. The molecule has 1 aromatic heterocycles. The molecule has 1 amide bonds. The Morgan fingerprint density at radius 1 is 1.03 bits per heavy atom. The molecule has 1 N–H and O–H groups in total. The Bertz CT molecular complexity index is 959. The molecule has 0 fully saturated rings. The first kappa shape index (κ1) is 23.6. The number of amides is 1. The van der Waals surface area contributed by atoms with Crippen LogP contribution in [0.2, 0.25) is 0 Å². The molecule has 0 spiro atoms. The summed E-state index contributed by atoms with van der Waals surface area (Å²) in [4.78, 5) is 16.6. The first-order valence-electron chi connectivity index (χ1n) is 11.6. The lowest BCUT2D eigenvalue weighted by Gasteiger charge is -2.08. The van der Waals surface area contributed by atoms with Gasteiger partial charge in [0, 0.05) is 24.1 Å². The maximum Gasteiger partial charge on any atom is 0.224 e. The van der Waals surface area contributed by atoms with Gasteiger partial charge >= 0.3 is 0 Å². The molecule has 0 bridgehead atoms. The van der Waals surface area contributed by atoms with Crippen molar-refractivity contribution in [2.75, 3.05) is 11.9 Å². The number of ether oxygens (including phenoxy) is 1. The summed E-state index contributed by atoms with van der Waals surface area (Å²) in [6.45, 7) is 7.27. The molecule has 0 saturated carbocycles. The molecule has 0 aliphatic rings. The zero-order valence-electron chi connectivity index (χ0n) is 19.4. The molecule has 170 valence electrons. The zero-order chi connectivity index (χ0) is 22.8. The predicted octanol–water partition coefficient (Wildman–Crippen LogP) is 7.00. The molecular formula is C27H34N2O3. The van der Waals surface area contributed by atoms with E-state index in [1.54, 1.807) is 6.20 Å². The highest BCUT2D eigenvalue weighted by atomic mass is 16.5. The summed E-state index contributed by atoms with van der Waals surface area (Å²) >= 11 is 0. The van der Waals surface area contributed by atoms with Gasteiger partial charge < -0.3 is 14.5 Å². The molecule has 0 aliphatic heterocycles. The Morgan fingerprint density at radius 2 is 1.78 bits per heavy atom. The molecule has 0 aliphatic carbocycles. The van der Waals surface area contributed by atoms with Crippen molar-refractivity contribution in [1.29, 1.82) is 0 Å². The number of aryl methyl sites for hydroxylation is 1. The van der Waals surface area contributed by atoms with E-state index >= 15 is 0 Å². The second-order valence-electron chi connectivity index (χ2n) is 8.38. The first-order valence-corrected chi connectivity index (χ1v) is 11.6. The van der Waals surface area contributed by atoms with Crippen LogP contribution in [0.1, 0.15) is 70.2 Å². The number of anilines is 1. The van der Waals surface area contributed by atoms with Gasteiger partial charge in [-0.3, -0.25) is 4.79 Å². The lowest BCUT2D eigenvalue weighted by Crippen LogP contribution is -2.12. The Balaban J connectivity index is 1.43. The quantitative estimate of drug-likeness (QED) is 0.312. The predicted molar refractivity (Wildman–Crippen MR) is 129 cm³/mol. The molecule has 0 radical (unpaired) electrons. The van der Waals surface area contributed by atoms with Crippen molar-refractivity contribution < 1.29 is 13.9 Å². The van der Waals surface area contributed by atoms with Gasteiger partial charge in [0.2, 0.25) is 5.91 Å². The van der Waals surface area contributed by atoms with Crippen LogP contribution in [-0.2, 0) is 11.2 Å². The smallest absolute Gasteiger partial charge is 0.224 e. The number of unbranched alkanes of at least 4 members (excludes halogenated alkanes) is 3. The SMILES string of the molecule is CCCCCCOc1ccc(NC(=O)CCc2ncc(-c3ccc(C(C)C)cc3)o2)cc1. The number of nitrogens with zero attached hydrogens (tertiary/aromatic N) is 1. The monoisotopic (exact) mass is 434 g/mol. The van der Waals surface area contributed by atoms with Crippen LogP contribution in [0.25, 0.3) is 11.3 Å². The minimum atomic E-state index is -0.0701. The molecule has 2 aromatic carbocycles. The number of nitrogens with one attached hydrogen (secondary N) is 1. The molecule has 3 aromatic rings. The maximum atomic E-state index is 12.3. The van der Waals surface area contributed by atoms with E-state index < -0.39 is 0 Å². The van der Waals surface area contributed by atoms with E-state index in [1.165, 1.54) is 24.8 Å². The second-order valence-corrected chi connectivity index (χ2v) is 8.38. The van der Waals surface area contributed by atoms with Crippen LogP contribution < -0.4 is 10.1 Å². The van der Waals surface area contributed by atoms with Gasteiger partial charge in [0.1, 0.15) is 5.75 Å². The number of oxazole rings is 1. The van der Waals surface area contributed by atoms with Gasteiger partial charge in [0.15, 0.2) is 11.7 Å². The first-order chi connectivity index (χ1) is 15.5. The topological polar surface area (TPSA) is 64.4 Å². The van der Waals surface area contributed by atoms with Crippen LogP contribution in [0, 0.1) is 0 Å². The molecular weight excluding hydrogens is 400 g/mol. The molecule has 0 atom stereocenters. The maximum absolute atomic E-state index is 12.3. The van der Waals surface area contributed by atoms with E-state index in [4.69, 9.17) is 9.15 Å². The van der Waals surface area contributed by atoms with E-state index in [2.05, 4.69) is 43.2 Å². The highest BCUT2D eigenvalue weighted by molar-refractivity contribution is 5.90. The van der Waals surface area contributed by atoms with Crippen LogP contribution in [0.4, 0.5) is 5.69 Å². The molecule has 3 rings (SSSR count). The highest BCUT2D eigenvalue weighted by Crippen LogP contribution is 2.24. The zero-order valence-corrected chi connectivity index (χ0v) is 19.4. The van der Waals surface area contributed by atoms with Crippen molar-refractivity contribution in [3.8, 4) is 17.1 Å². The van der Waals surface area contributed by atoms with E-state index in [-0.39, 0.29) is 5.91 Å². The molecule has 1 heterocycles. The number of aromatic nitrogens is 1. The third-order valence-corrected chi connectivity index (χ3v) is 5.39. The lowest BCUT2D eigenvalue weighted by molar-refractivity contribution is -0.116. The van der Waals surface area contributed by atoms with Gasteiger partial charge in [0.05, 0.1) is 12.8 Å². The van der Waals surface area contributed by atoms with Crippen molar-refractivity contribution in [2.45, 2.75) is 65.2 Å². The summed E-state index contributed by atoms with van der Waals surface area (Å²) in [6.07, 6.45) is 7.21. The van der Waals surface area contributed by atoms with Crippen molar-refractivity contribution in [2.24, 2.45) is 0 Å². The number of hydrogen-bond donors (Lipinski definition) is 1. The van der Waals surface area contributed by atoms with Gasteiger partial charge in [-0.05, 0) is 42.2 Å². The van der Waals surface area contributed by atoms with E-state index in [1.807, 2.05) is 36.4 Å². The number of benzene rings is 2. The van der Waals surface area contributed by atoms with Gasteiger partial charge in [-0.25, -0.2) is 4.98 Å². The largest absolute Gasteiger partial charge is 0.494 e. The van der Waals surface area contributed by atoms with Crippen LogP contribution >= 0.6 is 0 Å². The molecule has 0 saturated heterocycles. The Labute approximate surface area is 191 Å². The van der Waals surface area contributed by atoms with Crippen LogP contribution in [0.3, 0.4) is 0 Å². The molecule has 5 heteroatoms. The number of carbonyl (C=O) groups is 1.